The van der Waals surface area contributed by atoms with Crippen molar-refractivity contribution < 1.29 is 14.3 Å². The van der Waals surface area contributed by atoms with Gasteiger partial charge in [-0.2, -0.15) is 0 Å². The molecule has 0 saturated heterocycles. The molecular weight excluding hydrogens is 354 g/mol. The van der Waals surface area contributed by atoms with E-state index in [9.17, 15) is 9.59 Å². The summed E-state index contributed by atoms with van der Waals surface area (Å²) in [5, 5.41) is 5.72. The highest BCUT2D eigenvalue weighted by Gasteiger charge is 2.33. The van der Waals surface area contributed by atoms with Crippen molar-refractivity contribution in [3.8, 4) is 0 Å². The van der Waals surface area contributed by atoms with Crippen molar-refractivity contribution in [1.29, 1.82) is 0 Å². The number of carbonyl (C=O) groups is 2. The molecule has 0 spiro atoms. The number of fused-ring (bicyclic) bond motifs is 1. The Kier molecular flexibility index (Phi) is 6.27. The van der Waals surface area contributed by atoms with Gasteiger partial charge in [0.25, 0.3) is 0 Å². The summed E-state index contributed by atoms with van der Waals surface area (Å²) in [5.41, 5.74) is 1.15. The topological polar surface area (TPSA) is 70.7 Å². The van der Waals surface area contributed by atoms with Crippen LogP contribution in [0.2, 0.25) is 0 Å². The maximum atomic E-state index is 12.8. The first kappa shape index (κ1) is 20.2. The SMILES string of the molecule is CC(C)(C)OC(=O)NC1CN(C2/C=C\CCCCC2)c2ccccc2NC1=O. The van der Waals surface area contributed by atoms with Crippen molar-refractivity contribution in [3.63, 3.8) is 0 Å². The first-order valence-corrected chi connectivity index (χ1v) is 10.2. The molecule has 1 aromatic rings. The quantitative estimate of drug-likeness (QED) is 0.748. The number of ether oxygens (including phenoxy) is 1. The second kappa shape index (κ2) is 8.67. The average Bonchev–Trinajstić information content (AvgIpc) is 2.70. The van der Waals surface area contributed by atoms with Gasteiger partial charge in [-0.1, -0.05) is 37.1 Å². The van der Waals surface area contributed by atoms with E-state index in [-0.39, 0.29) is 11.9 Å². The Bertz CT molecular complexity index is 739. The predicted octanol–water partition coefficient (Wildman–Crippen LogP) is 4.23. The van der Waals surface area contributed by atoms with Crippen LogP contribution in [-0.2, 0) is 9.53 Å². The average molecular weight is 386 g/mol. The molecule has 28 heavy (non-hydrogen) atoms. The summed E-state index contributed by atoms with van der Waals surface area (Å²) in [6.07, 6.45) is 9.61. The lowest BCUT2D eigenvalue weighted by atomic mass is 10.00. The summed E-state index contributed by atoms with van der Waals surface area (Å²) >= 11 is 0. The molecule has 1 aliphatic carbocycles. The Morgan fingerprint density at radius 3 is 2.79 bits per heavy atom. The monoisotopic (exact) mass is 385 g/mol. The van der Waals surface area contributed by atoms with Crippen molar-refractivity contribution in [1.82, 2.24) is 5.32 Å². The van der Waals surface area contributed by atoms with Gasteiger partial charge in [0.05, 0.1) is 11.4 Å². The maximum absolute atomic E-state index is 12.8. The van der Waals surface area contributed by atoms with E-state index in [4.69, 9.17) is 4.74 Å². The fraction of sp³-hybridized carbons (Fsp3) is 0.545. The van der Waals surface area contributed by atoms with Crippen LogP contribution in [0.5, 0.6) is 0 Å². The van der Waals surface area contributed by atoms with E-state index < -0.39 is 17.7 Å². The van der Waals surface area contributed by atoms with Gasteiger partial charge in [0.2, 0.25) is 5.91 Å². The van der Waals surface area contributed by atoms with Gasteiger partial charge in [-0.25, -0.2) is 4.79 Å². The minimum absolute atomic E-state index is 0.192. The van der Waals surface area contributed by atoms with E-state index >= 15 is 0 Å². The second-order valence-corrected chi connectivity index (χ2v) is 8.49. The fourth-order valence-electron chi connectivity index (χ4n) is 3.70. The number of alkyl carbamates (subject to hydrolysis) is 1. The van der Waals surface area contributed by atoms with E-state index in [2.05, 4.69) is 27.7 Å². The van der Waals surface area contributed by atoms with Gasteiger partial charge >= 0.3 is 6.09 Å². The molecule has 2 atom stereocenters. The smallest absolute Gasteiger partial charge is 0.408 e. The minimum Gasteiger partial charge on any atom is -0.444 e. The lowest BCUT2D eigenvalue weighted by Crippen LogP contribution is -2.52. The lowest BCUT2D eigenvalue weighted by molar-refractivity contribution is -0.117. The van der Waals surface area contributed by atoms with Gasteiger partial charge < -0.3 is 20.3 Å². The zero-order valence-electron chi connectivity index (χ0n) is 17.0. The minimum atomic E-state index is -0.693. The van der Waals surface area contributed by atoms with Crippen LogP contribution in [0.1, 0.15) is 52.9 Å². The molecule has 3 rings (SSSR count). The summed E-state index contributed by atoms with van der Waals surface area (Å²) in [4.78, 5) is 27.3. The van der Waals surface area contributed by atoms with Gasteiger partial charge in [-0.15, -0.1) is 0 Å². The van der Waals surface area contributed by atoms with Crippen LogP contribution in [0, 0.1) is 0 Å². The first-order chi connectivity index (χ1) is 13.3. The summed E-state index contributed by atoms with van der Waals surface area (Å²) in [5.74, 6) is -0.226. The molecule has 1 aliphatic heterocycles. The number of carbonyl (C=O) groups excluding carboxylic acids is 2. The van der Waals surface area contributed by atoms with Crippen LogP contribution in [0.25, 0.3) is 0 Å². The summed E-state index contributed by atoms with van der Waals surface area (Å²) in [7, 11) is 0. The zero-order valence-corrected chi connectivity index (χ0v) is 17.0. The Labute approximate surface area is 167 Å². The molecule has 6 nitrogen and oxygen atoms in total. The fourth-order valence-corrected chi connectivity index (χ4v) is 3.70. The molecule has 2 N–H and O–H groups in total. The molecule has 0 aromatic heterocycles. The maximum Gasteiger partial charge on any atom is 0.408 e. The molecule has 0 saturated carbocycles. The normalized spacial score (nSPS) is 24.1. The molecule has 0 radical (unpaired) electrons. The van der Waals surface area contributed by atoms with Crippen molar-refractivity contribution >= 4 is 23.4 Å². The van der Waals surface area contributed by atoms with E-state index in [1.54, 1.807) is 20.8 Å². The number of rotatable bonds is 2. The van der Waals surface area contributed by atoms with E-state index in [0.29, 0.717) is 6.54 Å². The van der Waals surface area contributed by atoms with Gasteiger partial charge in [0, 0.05) is 12.6 Å². The van der Waals surface area contributed by atoms with Crippen LogP contribution in [-0.4, -0.2) is 36.2 Å². The van der Waals surface area contributed by atoms with Crippen molar-refractivity contribution in [2.45, 2.75) is 70.6 Å². The van der Waals surface area contributed by atoms with E-state index in [1.165, 1.54) is 12.8 Å². The van der Waals surface area contributed by atoms with Crippen LogP contribution in [0.3, 0.4) is 0 Å². The standard InChI is InChI=1S/C22H31N3O3/c1-22(2,3)28-21(27)24-18-15-25(16-11-7-5-4-6-8-12-16)19-14-10-9-13-17(19)23-20(18)26/h7,9-11,13-14,16,18H,4-6,8,12,15H2,1-3H3,(H,23,26)(H,24,27)/b11-7-. The molecule has 2 amide bonds. The summed E-state index contributed by atoms with van der Waals surface area (Å²) in [6, 6.07) is 7.32. The molecule has 2 aliphatic rings. The largest absolute Gasteiger partial charge is 0.444 e. The molecule has 0 bridgehead atoms. The van der Waals surface area contributed by atoms with E-state index in [0.717, 1.165) is 30.6 Å². The number of nitrogens with zero attached hydrogens (tertiary/aromatic N) is 1. The van der Waals surface area contributed by atoms with Crippen molar-refractivity contribution in [2.24, 2.45) is 0 Å². The van der Waals surface area contributed by atoms with Gasteiger partial charge in [-0.05, 0) is 52.2 Å². The third-order valence-electron chi connectivity index (χ3n) is 4.99. The Morgan fingerprint density at radius 1 is 1.21 bits per heavy atom. The second-order valence-electron chi connectivity index (χ2n) is 8.49. The molecule has 1 heterocycles. The highest BCUT2D eigenvalue weighted by molar-refractivity contribution is 6.01. The van der Waals surface area contributed by atoms with Crippen molar-refractivity contribution in [2.75, 3.05) is 16.8 Å². The van der Waals surface area contributed by atoms with Crippen LogP contribution in [0.4, 0.5) is 16.2 Å². The molecule has 0 fully saturated rings. The molecule has 6 heteroatoms. The van der Waals surface area contributed by atoms with Crippen LogP contribution >= 0.6 is 0 Å². The molecule has 1 aromatic carbocycles. The highest BCUT2D eigenvalue weighted by Crippen LogP contribution is 2.32. The first-order valence-electron chi connectivity index (χ1n) is 10.2. The third kappa shape index (κ3) is 5.27. The van der Waals surface area contributed by atoms with Crippen molar-refractivity contribution in [3.05, 3.63) is 36.4 Å². The Balaban J connectivity index is 1.86. The number of nitrogens with one attached hydrogen (secondary N) is 2. The Morgan fingerprint density at radius 2 is 2.00 bits per heavy atom. The number of anilines is 2. The third-order valence-corrected chi connectivity index (χ3v) is 4.99. The number of allylic oxidation sites excluding steroid dienone is 1. The zero-order chi connectivity index (χ0) is 20.1. The number of hydrogen-bond acceptors (Lipinski definition) is 4. The highest BCUT2D eigenvalue weighted by atomic mass is 16.6. The van der Waals surface area contributed by atoms with Gasteiger partial charge in [0.1, 0.15) is 11.6 Å². The van der Waals surface area contributed by atoms with Crippen LogP contribution < -0.4 is 15.5 Å². The number of para-hydroxylation sites is 2. The predicted molar refractivity (Wildman–Crippen MR) is 112 cm³/mol. The number of amides is 2. The summed E-state index contributed by atoms with van der Waals surface area (Å²) < 4.78 is 5.36. The number of benzene rings is 1. The van der Waals surface area contributed by atoms with Crippen LogP contribution in [0.15, 0.2) is 36.4 Å². The molecule has 152 valence electrons. The van der Waals surface area contributed by atoms with E-state index in [1.807, 2.05) is 24.3 Å². The summed E-state index contributed by atoms with van der Waals surface area (Å²) in [6.45, 7) is 5.82. The Hall–Kier alpha value is -2.50. The lowest BCUT2D eigenvalue weighted by Gasteiger charge is -2.34. The number of hydrogen-bond donors (Lipinski definition) is 2. The van der Waals surface area contributed by atoms with Gasteiger partial charge in [0.15, 0.2) is 0 Å². The molecule has 2 unspecified atom stereocenters. The molecular formula is C22H31N3O3. The van der Waals surface area contributed by atoms with Gasteiger partial charge in [-0.3, -0.25) is 4.79 Å².